The highest BCUT2D eigenvalue weighted by Crippen LogP contribution is 2.21. The van der Waals surface area contributed by atoms with Gasteiger partial charge in [-0.15, -0.1) is 0 Å². The van der Waals surface area contributed by atoms with Crippen molar-refractivity contribution in [2.45, 2.75) is 53.3 Å². The van der Waals surface area contributed by atoms with Gasteiger partial charge >= 0.3 is 6.09 Å². The first kappa shape index (κ1) is 17.8. The lowest BCUT2D eigenvalue weighted by Crippen LogP contribution is -2.27. The molecule has 0 aliphatic carbocycles. The minimum Gasteiger partial charge on any atom is -0.444 e. The zero-order valence-electron chi connectivity index (χ0n) is 15.0. The molecule has 0 aliphatic rings. The molecule has 0 atom stereocenters. The highest BCUT2D eigenvalue weighted by atomic mass is 16.6. The Morgan fingerprint density at radius 2 is 2.08 bits per heavy atom. The van der Waals surface area contributed by atoms with Crippen molar-refractivity contribution in [1.82, 2.24) is 9.78 Å². The molecule has 1 amide bonds. The van der Waals surface area contributed by atoms with Crippen molar-refractivity contribution in [3.05, 3.63) is 41.7 Å². The van der Waals surface area contributed by atoms with Gasteiger partial charge in [0.25, 0.3) is 0 Å². The van der Waals surface area contributed by atoms with E-state index in [1.54, 1.807) is 0 Å². The molecule has 2 N–H and O–H groups in total. The van der Waals surface area contributed by atoms with Crippen molar-refractivity contribution in [3.8, 4) is 0 Å². The van der Waals surface area contributed by atoms with Gasteiger partial charge in [0.1, 0.15) is 5.60 Å². The molecule has 0 spiro atoms. The maximum absolute atomic E-state index is 11.8. The van der Waals surface area contributed by atoms with E-state index in [9.17, 15) is 4.79 Å². The fraction of sp³-hybridized carbons (Fsp3) is 0.444. The van der Waals surface area contributed by atoms with Crippen molar-refractivity contribution in [1.29, 1.82) is 0 Å². The average molecular weight is 330 g/mol. The van der Waals surface area contributed by atoms with E-state index in [1.807, 2.05) is 63.0 Å². The molecule has 0 unspecified atom stereocenters. The van der Waals surface area contributed by atoms with Crippen LogP contribution in [0.2, 0.25) is 0 Å². The molecular weight excluding hydrogens is 304 g/mol. The molecule has 0 saturated heterocycles. The summed E-state index contributed by atoms with van der Waals surface area (Å²) >= 11 is 0. The minimum atomic E-state index is -0.510. The Hall–Kier alpha value is -2.50. The lowest BCUT2D eigenvalue weighted by Gasteiger charge is -2.20. The molecule has 0 fully saturated rings. The van der Waals surface area contributed by atoms with Crippen LogP contribution in [0.5, 0.6) is 0 Å². The zero-order chi connectivity index (χ0) is 17.7. The number of benzene rings is 1. The Morgan fingerprint density at radius 3 is 2.67 bits per heavy atom. The average Bonchev–Trinajstić information content (AvgIpc) is 2.92. The summed E-state index contributed by atoms with van der Waals surface area (Å²) in [6.07, 6.45) is 3.44. The molecule has 6 nitrogen and oxygen atoms in total. The van der Waals surface area contributed by atoms with Gasteiger partial charge in [-0.05, 0) is 58.4 Å². The Bertz CT molecular complexity index is 701. The number of anilines is 2. The fourth-order valence-corrected chi connectivity index (χ4v) is 2.23. The van der Waals surface area contributed by atoms with E-state index in [2.05, 4.69) is 22.7 Å². The lowest BCUT2D eigenvalue weighted by molar-refractivity contribution is 0.0636. The molecule has 1 aromatic carbocycles. The molecule has 2 aromatic rings. The molecule has 130 valence electrons. The quantitative estimate of drug-likeness (QED) is 0.863. The maximum atomic E-state index is 11.8. The number of aromatic nitrogens is 2. The Balaban J connectivity index is 1.95. The molecular formula is C18H26N4O2. The summed E-state index contributed by atoms with van der Waals surface area (Å²) in [7, 11) is 0. The number of carbonyl (C=O) groups is 1. The highest BCUT2D eigenvalue weighted by Gasteiger charge is 2.16. The first-order valence-corrected chi connectivity index (χ1v) is 8.12. The maximum Gasteiger partial charge on any atom is 0.412 e. The summed E-state index contributed by atoms with van der Waals surface area (Å²) in [6, 6.07) is 5.72. The smallest absolute Gasteiger partial charge is 0.412 e. The standard InChI is InChI=1S/C18H26N4O2/c1-6-22-12-14(11-20-22)10-19-16-8-7-15(9-13(16)2)21-17(23)24-18(3,4)5/h7-9,11-12,19H,6,10H2,1-5H3,(H,21,23). The summed E-state index contributed by atoms with van der Waals surface area (Å²) in [5, 5.41) is 10.4. The van der Waals surface area contributed by atoms with E-state index in [0.29, 0.717) is 12.2 Å². The first-order valence-electron chi connectivity index (χ1n) is 8.12. The second kappa shape index (κ2) is 7.38. The number of carbonyl (C=O) groups excluding carboxylic acids is 1. The van der Waals surface area contributed by atoms with Gasteiger partial charge in [-0.2, -0.15) is 5.10 Å². The monoisotopic (exact) mass is 330 g/mol. The molecule has 1 aromatic heterocycles. The Kier molecular flexibility index (Phi) is 5.49. The lowest BCUT2D eigenvalue weighted by atomic mass is 10.1. The number of hydrogen-bond acceptors (Lipinski definition) is 4. The van der Waals surface area contributed by atoms with Crippen molar-refractivity contribution in [2.24, 2.45) is 0 Å². The van der Waals surface area contributed by atoms with Gasteiger partial charge < -0.3 is 10.1 Å². The van der Waals surface area contributed by atoms with Gasteiger partial charge in [-0.1, -0.05) is 0 Å². The molecule has 1 heterocycles. The fourth-order valence-electron chi connectivity index (χ4n) is 2.23. The molecule has 0 saturated carbocycles. The van der Waals surface area contributed by atoms with Gasteiger partial charge in [0, 0.05) is 36.2 Å². The van der Waals surface area contributed by atoms with E-state index in [1.165, 1.54) is 0 Å². The first-order chi connectivity index (χ1) is 11.3. The van der Waals surface area contributed by atoms with E-state index in [4.69, 9.17) is 4.74 Å². The van der Waals surface area contributed by atoms with Gasteiger partial charge in [0.2, 0.25) is 0 Å². The summed E-state index contributed by atoms with van der Waals surface area (Å²) in [5.41, 5.74) is 3.41. The molecule has 2 rings (SSSR count). The van der Waals surface area contributed by atoms with Crippen LogP contribution in [0.15, 0.2) is 30.6 Å². The number of aryl methyl sites for hydroxylation is 2. The van der Waals surface area contributed by atoms with Gasteiger partial charge in [0.15, 0.2) is 0 Å². The number of ether oxygens (including phenoxy) is 1. The predicted molar refractivity (Wildman–Crippen MR) is 96.3 cm³/mol. The number of nitrogens with one attached hydrogen (secondary N) is 2. The third-order valence-corrected chi connectivity index (χ3v) is 3.37. The van der Waals surface area contributed by atoms with Crippen LogP contribution in [0.4, 0.5) is 16.2 Å². The Labute approximate surface area is 143 Å². The van der Waals surface area contributed by atoms with Crippen LogP contribution in [0.1, 0.15) is 38.8 Å². The van der Waals surface area contributed by atoms with Crippen molar-refractivity contribution >= 4 is 17.5 Å². The molecule has 0 aliphatic heterocycles. The van der Waals surface area contributed by atoms with E-state index >= 15 is 0 Å². The third kappa shape index (κ3) is 5.30. The van der Waals surface area contributed by atoms with E-state index in [0.717, 1.165) is 23.4 Å². The number of rotatable bonds is 5. The number of hydrogen-bond donors (Lipinski definition) is 2. The molecule has 0 radical (unpaired) electrons. The normalized spacial score (nSPS) is 11.2. The second-order valence-electron chi connectivity index (χ2n) is 6.71. The van der Waals surface area contributed by atoms with Crippen LogP contribution in [-0.4, -0.2) is 21.5 Å². The predicted octanol–water partition coefficient (Wildman–Crippen LogP) is 4.17. The summed E-state index contributed by atoms with van der Waals surface area (Å²) in [6.45, 7) is 11.1. The topological polar surface area (TPSA) is 68.2 Å². The summed E-state index contributed by atoms with van der Waals surface area (Å²) < 4.78 is 7.16. The van der Waals surface area contributed by atoms with Crippen LogP contribution in [0, 0.1) is 6.92 Å². The number of nitrogens with zero attached hydrogens (tertiary/aromatic N) is 2. The van der Waals surface area contributed by atoms with Gasteiger partial charge in [0.05, 0.1) is 6.20 Å². The van der Waals surface area contributed by atoms with Crippen LogP contribution >= 0.6 is 0 Å². The van der Waals surface area contributed by atoms with Crippen molar-refractivity contribution in [2.75, 3.05) is 10.6 Å². The van der Waals surface area contributed by atoms with Gasteiger partial charge in [-0.3, -0.25) is 10.00 Å². The van der Waals surface area contributed by atoms with E-state index in [-0.39, 0.29) is 0 Å². The van der Waals surface area contributed by atoms with Crippen LogP contribution < -0.4 is 10.6 Å². The SMILES string of the molecule is CCn1cc(CNc2ccc(NC(=O)OC(C)(C)C)cc2C)cn1. The highest BCUT2D eigenvalue weighted by molar-refractivity contribution is 5.85. The third-order valence-electron chi connectivity index (χ3n) is 3.37. The van der Waals surface area contributed by atoms with Gasteiger partial charge in [-0.25, -0.2) is 4.79 Å². The minimum absolute atomic E-state index is 0.449. The second-order valence-corrected chi connectivity index (χ2v) is 6.71. The van der Waals surface area contributed by atoms with Crippen molar-refractivity contribution in [3.63, 3.8) is 0 Å². The van der Waals surface area contributed by atoms with Crippen LogP contribution in [0.25, 0.3) is 0 Å². The van der Waals surface area contributed by atoms with Crippen molar-refractivity contribution < 1.29 is 9.53 Å². The molecule has 6 heteroatoms. The van der Waals surface area contributed by atoms with E-state index < -0.39 is 11.7 Å². The molecule has 0 bridgehead atoms. The Morgan fingerprint density at radius 1 is 1.33 bits per heavy atom. The zero-order valence-corrected chi connectivity index (χ0v) is 15.0. The largest absolute Gasteiger partial charge is 0.444 e. The van der Waals surface area contributed by atoms with Crippen LogP contribution in [0.3, 0.4) is 0 Å². The van der Waals surface area contributed by atoms with Crippen LogP contribution in [-0.2, 0) is 17.8 Å². The summed E-state index contributed by atoms with van der Waals surface area (Å²) in [4.78, 5) is 11.8. The molecule has 24 heavy (non-hydrogen) atoms. The number of amides is 1. The summed E-state index contributed by atoms with van der Waals surface area (Å²) in [5.74, 6) is 0.